The third kappa shape index (κ3) is 13.9. The molecule has 0 aromatic carbocycles. The van der Waals surface area contributed by atoms with E-state index in [4.69, 9.17) is 0 Å². The minimum atomic E-state index is -0.602. The summed E-state index contributed by atoms with van der Waals surface area (Å²) in [7, 11) is 0. The molecule has 20 heavy (non-hydrogen) atoms. The first-order chi connectivity index (χ1) is 8.99. The van der Waals surface area contributed by atoms with Gasteiger partial charge in [-0.25, -0.2) is 0 Å². The smallest absolute Gasteiger partial charge is 0.114 e. The molecule has 0 aromatic rings. The topological polar surface area (TPSA) is 40.5 Å². The van der Waals surface area contributed by atoms with Crippen molar-refractivity contribution in [3.63, 3.8) is 0 Å². The van der Waals surface area contributed by atoms with Crippen molar-refractivity contribution in [3.8, 4) is 11.8 Å². The monoisotopic (exact) mass is 282 g/mol. The van der Waals surface area contributed by atoms with Crippen LogP contribution in [0.3, 0.4) is 0 Å². The molecule has 0 aliphatic rings. The first kappa shape index (κ1) is 19.5. The second-order valence-corrected chi connectivity index (χ2v) is 8.23. The van der Waals surface area contributed by atoms with Crippen molar-refractivity contribution in [1.82, 2.24) is 0 Å². The van der Waals surface area contributed by atoms with Crippen LogP contribution in [0.4, 0.5) is 0 Å². The van der Waals surface area contributed by atoms with E-state index in [0.717, 1.165) is 25.7 Å². The highest BCUT2D eigenvalue weighted by atomic mass is 16.3. The molecule has 2 nitrogen and oxygen atoms in total. The molecule has 2 heteroatoms. The summed E-state index contributed by atoms with van der Waals surface area (Å²) < 4.78 is 0. The standard InChI is InChI=1S/C18H34O2/c1-17(2,3)13-7-9-15(19)11-12-16(20)10-8-14-18(4,5)6/h15-16,19-20H,7-10,13-14H2,1-6H3. The Kier molecular flexibility index (Phi) is 8.47. The fourth-order valence-corrected chi connectivity index (χ4v) is 1.99. The molecule has 0 fully saturated rings. The van der Waals surface area contributed by atoms with Crippen LogP contribution in [0.2, 0.25) is 0 Å². The maximum atomic E-state index is 9.76. The zero-order valence-electron chi connectivity index (χ0n) is 14.3. The summed E-state index contributed by atoms with van der Waals surface area (Å²) in [6.07, 6.45) is 4.29. The summed E-state index contributed by atoms with van der Waals surface area (Å²) in [5, 5.41) is 19.5. The molecular formula is C18H34O2. The Bertz CT molecular complexity index is 279. The van der Waals surface area contributed by atoms with Crippen LogP contribution in [0, 0.1) is 22.7 Å². The first-order valence-electron chi connectivity index (χ1n) is 7.87. The zero-order valence-corrected chi connectivity index (χ0v) is 14.3. The number of aliphatic hydroxyl groups is 2. The summed E-state index contributed by atoms with van der Waals surface area (Å²) in [5.41, 5.74) is 0.610. The van der Waals surface area contributed by atoms with Crippen LogP contribution in [-0.2, 0) is 0 Å². The molecule has 0 amide bonds. The van der Waals surface area contributed by atoms with Gasteiger partial charge in [-0.1, -0.05) is 53.4 Å². The van der Waals surface area contributed by atoms with E-state index in [9.17, 15) is 10.2 Å². The van der Waals surface area contributed by atoms with Gasteiger partial charge in [0.05, 0.1) is 0 Å². The lowest BCUT2D eigenvalue weighted by molar-refractivity contribution is 0.199. The molecule has 118 valence electrons. The van der Waals surface area contributed by atoms with Crippen LogP contribution in [0.5, 0.6) is 0 Å². The van der Waals surface area contributed by atoms with Gasteiger partial charge in [0.1, 0.15) is 12.2 Å². The molecule has 0 rings (SSSR count). The quantitative estimate of drug-likeness (QED) is 0.719. The molecule has 2 N–H and O–H groups in total. The van der Waals surface area contributed by atoms with Crippen molar-refractivity contribution >= 4 is 0 Å². The second-order valence-electron chi connectivity index (χ2n) is 8.23. The molecule has 0 radical (unpaired) electrons. The Hall–Kier alpha value is -0.520. The minimum Gasteiger partial charge on any atom is -0.380 e. The van der Waals surface area contributed by atoms with Crippen molar-refractivity contribution in [3.05, 3.63) is 0 Å². The molecule has 0 saturated heterocycles. The first-order valence-corrected chi connectivity index (χ1v) is 7.87. The zero-order chi connectivity index (χ0) is 15.8. The van der Waals surface area contributed by atoms with E-state index in [1.807, 2.05) is 0 Å². The van der Waals surface area contributed by atoms with Gasteiger partial charge >= 0.3 is 0 Å². The maximum absolute atomic E-state index is 9.76. The average molecular weight is 282 g/mol. The summed E-state index contributed by atoms with van der Waals surface area (Å²) >= 11 is 0. The molecule has 0 aliphatic heterocycles. The van der Waals surface area contributed by atoms with Crippen LogP contribution in [-0.4, -0.2) is 22.4 Å². The number of aliphatic hydroxyl groups excluding tert-OH is 2. The number of hydrogen-bond acceptors (Lipinski definition) is 2. The van der Waals surface area contributed by atoms with E-state index >= 15 is 0 Å². The highest BCUT2D eigenvalue weighted by molar-refractivity contribution is 5.08. The fraction of sp³-hybridized carbons (Fsp3) is 0.889. The SMILES string of the molecule is CC(C)(C)CCCC(O)C#CC(O)CCCC(C)(C)C. The van der Waals surface area contributed by atoms with E-state index in [2.05, 4.69) is 53.4 Å². The van der Waals surface area contributed by atoms with Crippen LogP contribution in [0.15, 0.2) is 0 Å². The van der Waals surface area contributed by atoms with Gasteiger partial charge in [-0.15, -0.1) is 0 Å². The summed E-state index contributed by atoms with van der Waals surface area (Å²) in [6, 6.07) is 0. The molecule has 0 aliphatic carbocycles. The molecule has 0 spiro atoms. The average Bonchev–Trinajstić information content (AvgIpc) is 2.22. The Morgan fingerprint density at radius 1 is 0.700 bits per heavy atom. The van der Waals surface area contributed by atoms with Crippen LogP contribution in [0.25, 0.3) is 0 Å². The lowest BCUT2D eigenvalue weighted by atomic mass is 9.89. The van der Waals surface area contributed by atoms with Gasteiger partial charge < -0.3 is 10.2 Å². The molecular weight excluding hydrogens is 248 g/mol. The molecule has 2 unspecified atom stereocenters. The van der Waals surface area contributed by atoms with Gasteiger partial charge in [0.15, 0.2) is 0 Å². The van der Waals surface area contributed by atoms with Crippen LogP contribution >= 0.6 is 0 Å². The molecule has 2 atom stereocenters. The van der Waals surface area contributed by atoms with Crippen molar-refractivity contribution < 1.29 is 10.2 Å². The van der Waals surface area contributed by atoms with Crippen molar-refractivity contribution in [1.29, 1.82) is 0 Å². The lowest BCUT2D eigenvalue weighted by Crippen LogP contribution is -2.11. The largest absolute Gasteiger partial charge is 0.380 e. The minimum absolute atomic E-state index is 0.305. The van der Waals surface area contributed by atoms with E-state index in [1.54, 1.807) is 0 Å². The van der Waals surface area contributed by atoms with E-state index < -0.39 is 12.2 Å². The third-order valence-corrected chi connectivity index (χ3v) is 3.23. The predicted octanol–water partition coefficient (Wildman–Crippen LogP) is 4.14. The van der Waals surface area contributed by atoms with Gasteiger partial charge in [-0.05, 0) is 49.4 Å². The van der Waals surface area contributed by atoms with Gasteiger partial charge in [0, 0.05) is 0 Å². The van der Waals surface area contributed by atoms with E-state index in [-0.39, 0.29) is 0 Å². The van der Waals surface area contributed by atoms with Crippen molar-refractivity contribution in [2.75, 3.05) is 0 Å². The maximum Gasteiger partial charge on any atom is 0.114 e. The number of rotatable bonds is 6. The molecule has 0 heterocycles. The number of hydrogen-bond donors (Lipinski definition) is 2. The second kappa shape index (κ2) is 8.70. The molecule has 0 saturated carbocycles. The Labute approximate surface area is 126 Å². The summed E-state index contributed by atoms with van der Waals surface area (Å²) in [5.74, 6) is 5.54. The normalized spacial score (nSPS) is 15.4. The Morgan fingerprint density at radius 3 is 1.25 bits per heavy atom. The van der Waals surface area contributed by atoms with Crippen molar-refractivity contribution in [2.45, 2.75) is 92.3 Å². The van der Waals surface area contributed by atoms with Gasteiger partial charge in [-0.3, -0.25) is 0 Å². The highest BCUT2D eigenvalue weighted by Gasteiger charge is 2.12. The van der Waals surface area contributed by atoms with Crippen LogP contribution in [0.1, 0.15) is 80.1 Å². The molecule has 0 aromatic heterocycles. The van der Waals surface area contributed by atoms with E-state index in [1.165, 1.54) is 0 Å². The van der Waals surface area contributed by atoms with Gasteiger partial charge in [0.25, 0.3) is 0 Å². The highest BCUT2D eigenvalue weighted by Crippen LogP contribution is 2.22. The fourth-order valence-electron chi connectivity index (χ4n) is 1.99. The van der Waals surface area contributed by atoms with Gasteiger partial charge in [-0.2, -0.15) is 0 Å². The van der Waals surface area contributed by atoms with Crippen molar-refractivity contribution in [2.24, 2.45) is 10.8 Å². The predicted molar refractivity (Wildman–Crippen MR) is 86.4 cm³/mol. The molecule has 0 bridgehead atoms. The summed E-state index contributed by atoms with van der Waals surface area (Å²) in [6.45, 7) is 13.2. The van der Waals surface area contributed by atoms with Crippen LogP contribution < -0.4 is 0 Å². The van der Waals surface area contributed by atoms with Gasteiger partial charge in [0.2, 0.25) is 0 Å². The Balaban J connectivity index is 3.87. The summed E-state index contributed by atoms with van der Waals surface area (Å²) in [4.78, 5) is 0. The van der Waals surface area contributed by atoms with E-state index in [0.29, 0.717) is 23.7 Å². The lowest BCUT2D eigenvalue weighted by Gasteiger charge is -2.18. The third-order valence-electron chi connectivity index (χ3n) is 3.23. The Morgan fingerprint density at radius 2 is 1.00 bits per heavy atom.